The highest BCUT2D eigenvalue weighted by atomic mass is 19.4. The molecule has 6 nitrogen and oxygen atoms in total. The highest BCUT2D eigenvalue weighted by Crippen LogP contribution is 2.40. The molecule has 1 aliphatic carbocycles. The summed E-state index contributed by atoms with van der Waals surface area (Å²) in [5.74, 6) is -0.204. The van der Waals surface area contributed by atoms with Crippen molar-refractivity contribution < 1.29 is 27.2 Å². The van der Waals surface area contributed by atoms with Gasteiger partial charge in [0.25, 0.3) is 11.6 Å². The van der Waals surface area contributed by atoms with Gasteiger partial charge < -0.3 is 14.2 Å². The number of hydrogen-bond donors (Lipinski definition) is 0. The van der Waals surface area contributed by atoms with Crippen LogP contribution in [0.3, 0.4) is 0 Å². The molecule has 2 aromatic heterocycles. The molecule has 0 N–H and O–H groups in total. The highest BCUT2D eigenvalue weighted by molar-refractivity contribution is 6.06. The fourth-order valence-electron chi connectivity index (χ4n) is 3.22. The quantitative estimate of drug-likeness (QED) is 0.622. The highest BCUT2D eigenvalue weighted by Gasteiger charge is 2.31. The van der Waals surface area contributed by atoms with Crippen LogP contribution in [0.25, 0.3) is 11.1 Å². The van der Waals surface area contributed by atoms with Crippen molar-refractivity contribution in [1.82, 2.24) is 15.0 Å². The van der Waals surface area contributed by atoms with Gasteiger partial charge >= 0.3 is 6.36 Å². The van der Waals surface area contributed by atoms with Crippen LogP contribution in [-0.4, -0.2) is 34.4 Å². The monoisotopic (exact) mass is 405 g/mol. The van der Waals surface area contributed by atoms with Crippen molar-refractivity contribution >= 4 is 17.0 Å². The van der Waals surface area contributed by atoms with Gasteiger partial charge in [-0.1, -0.05) is 17.3 Å². The zero-order chi connectivity index (χ0) is 20.8. The van der Waals surface area contributed by atoms with Gasteiger partial charge in [-0.25, -0.2) is 4.98 Å². The minimum Gasteiger partial charge on any atom is -0.406 e. The second kappa shape index (κ2) is 7.06. The maximum atomic E-state index is 13.1. The molecule has 1 amide bonds. The number of halogens is 3. The predicted octanol–water partition coefficient (Wildman–Crippen LogP) is 4.58. The van der Waals surface area contributed by atoms with E-state index in [-0.39, 0.29) is 18.2 Å². The Morgan fingerprint density at radius 2 is 1.97 bits per heavy atom. The predicted molar refractivity (Wildman–Crippen MR) is 97.4 cm³/mol. The average Bonchev–Trinajstić information content (AvgIpc) is 3.44. The van der Waals surface area contributed by atoms with Crippen LogP contribution in [0.4, 0.5) is 13.2 Å². The molecule has 152 valence electrons. The zero-order valence-electron chi connectivity index (χ0n) is 15.8. The van der Waals surface area contributed by atoms with Crippen LogP contribution >= 0.6 is 0 Å². The lowest BCUT2D eigenvalue weighted by atomic mass is 10.1. The summed E-state index contributed by atoms with van der Waals surface area (Å²) in [6, 6.07) is 7.23. The van der Waals surface area contributed by atoms with Gasteiger partial charge in [-0.2, -0.15) is 0 Å². The molecule has 0 aliphatic heterocycles. The molecule has 1 aromatic carbocycles. The van der Waals surface area contributed by atoms with Crippen LogP contribution in [0, 0.1) is 6.92 Å². The second-order valence-electron chi connectivity index (χ2n) is 7.17. The number of hydrogen-bond acceptors (Lipinski definition) is 5. The first kappa shape index (κ1) is 19.2. The van der Waals surface area contributed by atoms with Crippen LogP contribution in [0.1, 0.15) is 46.1 Å². The Hall–Kier alpha value is -3.10. The molecule has 29 heavy (non-hydrogen) atoms. The van der Waals surface area contributed by atoms with Gasteiger partial charge in [-0.3, -0.25) is 4.79 Å². The average molecular weight is 405 g/mol. The van der Waals surface area contributed by atoms with E-state index in [0.29, 0.717) is 33.8 Å². The van der Waals surface area contributed by atoms with Gasteiger partial charge in [0.05, 0.1) is 16.6 Å². The SMILES string of the molecule is Cc1noc2nc(C3CC3)cc(C(=O)N(C)Cc3ccc(OC(F)(F)F)cc3)c12. The number of carbonyl (C=O) groups is 1. The number of alkyl halides is 3. The fourth-order valence-corrected chi connectivity index (χ4v) is 3.22. The van der Waals surface area contributed by atoms with Crippen LogP contribution in [-0.2, 0) is 6.54 Å². The molecule has 0 atom stereocenters. The lowest BCUT2D eigenvalue weighted by Crippen LogP contribution is -2.26. The maximum Gasteiger partial charge on any atom is 0.573 e. The van der Waals surface area contributed by atoms with Crippen LogP contribution in [0.2, 0.25) is 0 Å². The Labute approximate surface area is 164 Å². The summed E-state index contributed by atoms with van der Waals surface area (Å²) in [7, 11) is 1.63. The van der Waals surface area contributed by atoms with E-state index in [1.807, 2.05) is 0 Å². The number of fused-ring (bicyclic) bond motifs is 1. The summed E-state index contributed by atoms with van der Waals surface area (Å²) >= 11 is 0. The summed E-state index contributed by atoms with van der Waals surface area (Å²) in [5.41, 5.74) is 2.89. The summed E-state index contributed by atoms with van der Waals surface area (Å²) in [5, 5.41) is 4.51. The van der Waals surface area contributed by atoms with Gasteiger partial charge in [0, 0.05) is 25.2 Å². The smallest absolute Gasteiger partial charge is 0.406 e. The minimum atomic E-state index is -4.74. The summed E-state index contributed by atoms with van der Waals surface area (Å²) in [6.45, 7) is 1.97. The van der Waals surface area contributed by atoms with E-state index in [9.17, 15) is 18.0 Å². The number of benzene rings is 1. The first-order chi connectivity index (χ1) is 13.7. The molecule has 1 saturated carbocycles. The second-order valence-corrected chi connectivity index (χ2v) is 7.17. The molecular formula is C20H18F3N3O3. The minimum absolute atomic E-state index is 0.220. The van der Waals surface area contributed by atoms with E-state index in [1.165, 1.54) is 29.2 Å². The molecular weight excluding hydrogens is 387 g/mol. The van der Waals surface area contributed by atoms with E-state index in [0.717, 1.165) is 18.5 Å². The zero-order valence-corrected chi connectivity index (χ0v) is 15.8. The number of aryl methyl sites for hydroxylation is 1. The van der Waals surface area contributed by atoms with Gasteiger partial charge in [0.1, 0.15) is 5.75 Å². The Kier molecular flexibility index (Phi) is 4.68. The first-order valence-electron chi connectivity index (χ1n) is 9.08. The fraction of sp³-hybridized carbons (Fsp3) is 0.350. The van der Waals surface area contributed by atoms with Gasteiger partial charge in [0.15, 0.2) is 0 Å². The van der Waals surface area contributed by atoms with Crippen molar-refractivity contribution in [2.24, 2.45) is 0 Å². The Bertz CT molecular complexity index is 1060. The topological polar surface area (TPSA) is 68.5 Å². The maximum absolute atomic E-state index is 13.1. The lowest BCUT2D eigenvalue weighted by molar-refractivity contribution is -0.274. The molecule has 0 spiro atoms. The first-order valence-corrected chi connectivity index (χ1v) is 9.08. The summed E-state index contributed by atoms with van der Waals surface area (Å²) < 4.78 is 46.0. The van der Waals surface area contributed by atoms with Crippen LogP contribution in [0.15, 0.2) is 34.9 Å². The molecule has 0 radical (unpaired) electrons. The van der Waals surface area contributed by atoms with Crippen molar-refractivity contribution in [2.75, 3.05) is 7.05 Å². The number of nitrogens with zero attached hydrogens (tertiary/aromatic N) is 3. The largest absolute Gasteiger partial charge is 0.573 e. The van der Waals surface area contributed by atoms with Crippen molar-refractivity contribution in [3.63, 3.8) is 0 Å². The number of rotatable bonds is 5. The molecule has 3 aromatic rings. The molecule has 2 heterocycles. The summed E-state index contributed by atoms with van der Waals surface area (Å²) in [6.07, 6.45) is -2.68. The third-order valence-corrected chi connectivity index (χ3v) is 4.79. The van der Waals surface area contributed by atoms with Crippen molar-refractivity contribution in [3.05, 3.63) is 52.8 Å². The number of pyridine rings is 1. The Balaban J connectivity index is 1.56. The normalized spacial score (nSPS) is 14.2. The third kappa shape index (κ3) is 4.18. The number of aromatic nitrogens is 2. The number of carbonyl (C=O) groups excluding carboxylic acids is 1. The Morgan fingerprint density at radius 3 is 2.59 bits per heavy atom. The van der Waals surface area contributed by atoms with Crippen molar-refractivity contribution in [2.45, 2.75) is 38.6 Å². The van der Waals surface area contributed by atoms with Crippen molar-refractivity contribution in [1.29, 1.82) is 0 Å². The Morgan fingerprint density at radius 1 is 1.28 bits per heavy atom. The van der Waals surface area contributed by atoms with E-state index >= 15 is 0 Å². The lowest BCUT2D eigenvalue weighted by Gasteiger charge is -2.18. The number of ether oxygens (including phenoxy) is 1. The molecule has 1 aliphatic rings. The van der Waals surface area contributed by atoms with E-state index in [4.69, 9.17) is 4.52 Å². The van der Waals surface area contributed by atoms with Crippen LogP contribution < -0.4 is 4.74 Å². The molecule has 1 fully saturated rings. The third-order valence-electron chi connectivity index (χ3n) is 4.79. The summed E-state index contributed by atoms with van der Waals surface area (Å²) in [4.78, 5) is 19.1. The van der Waals surface area contributed by atoms with E-state index < -0.39 is 6.36 Å². The van der Waals surface area contributed by atoms with Crippen LogP contribution in [0.5, 0.6) is 5.75 Å². The molecule has 0 unspecified atom stereocenters. The van der Waals surface area contributed by atoms with Crippen molar-refractivity contribution in [3.8, 4) is 5.75 Å². The molecule has 4 rings (SSSR count). The van der Waals surface area contributed by atoms with E-state index in [2.05, 4.69) is 14.9 Å². The molecule has 0 saturated heterocycles. The van der Waals surface area contributed by atoms with E-state index in [1.54, 1.807) is 20.0 Å². The standard InChI is InChI=1S/C20H18F3N3O3/c1-11-17-15(9-16(13-5-6-13)24-18(17)29-25-11)19(27)26(2)10-12-3-7-14(8-4-12)28-20(21,22)23/h3-4,7-9,13H,5-6,10H2,1-2H3. The molecule has 0 bridgehead atoms. The molecule has 9 heteroatoms. The van der Waals surface area contributed by atoms with Gasteiger partial charge in [-0.15, -0.1) is 13.2 Å². The van der Waals surface area contributed by atoms with Gasteiger partial charge in [0.2, 0.25) is 0 Å². The van der Waals surface area contributed by atoms with Gasteiger partial charge in [-0.05, 0) is 43.5 Å². The number of amides is 1.